The standard InChI is InChI=1S/C19H22N6OS2/c1-11-5-4-6-12(2)16(11)24(13(3)26)18-21-15(9-27-18)10-28-19-23-22-17(25(19)20)14-7-8-14/h4-6,9,14H,7-8,10,20H2,1-3H3. The molecule has 0 atom stereocenters. The van der Waals surface area contributed by atoms with Crippen molar-refractivity contribution in [3.63, 3.8) is 0 Å². The normalized spacial score (nSPS) is 13.7. The molecule has 0 aliphatic heterocycles. The SMILES string of the molecule is CC(=O)N(c1nc(CSc2nnc(C3CC3)n2N)cs1)c1c(C)cccc1C. The fourth-order valence-electron chi connectivity index (χ4n) is 3.16. The highest BCUT2D eigenvalue weighted by Gasteiger charge is 2.30. The van der Waals surface area contributed by atoms with Crippen molar-refractivity contribution in [2.45, 2.75) is 50.4 Å². The number of anilines is 2. The lowest BCUT2D eigenvalue weighted by Crippen LogP contribution is -2.24. The number of rotatable bonds is 6. The van der Waals surface area contributed by atoms with Gasteiger partial charge in [-0.15, -0.1) is 21.5 Å². The third-order valence-electron chi connectivity index (χ3n) is 4.69. The molecule has 0 radical (unpaired) electrons. The molecular weight excluding hydrogens is 392 g/mol. The number of nitrogens with two attached hydrogens (primary N) is 1. The molecule has 1 aliphatic rings. The molecule has 4 rings (SSSR count). The summed E-state index contributed by atoms with van der Waals surface area (Å²) in [6.07, 6.45) is 2.27. The Morgan fingerprint density at radius 2 is 2.04 bits per heavy atom. The summed E-state index contributed by atoms with van der Waals surface area (Å²) >= 11 is 2.97. The summed E-state index contributed by atoms with van der Waals surface area (Å²) in [5.41, 5.74) is 3.88. The molecular formula is C19H22N6OS2. The van der Waals surface area contributed by atoms with E-state index >= 15 is 0 Å². The molecule has 0 bridgehead atoms. The fourth-order valence-corrected chi connectivity index (χ4v) is 4.89. The van der Waals surface area contributed by atoms with Crippen molar-refractivity contribution in [2.24, 2.45) is 0 Å². The van der Waals surface area contributed by atoms with Crippen LogP contribution in [0.5, 0.6) is 0 Å². The van der Waals surface area contributed by atoms with Gasteiger partial charge in [-0.1, -0.05) is 30.0 Å². The summed E-state index contributed by atoms with van der Waals surface area (Å²) in [4.78, 5) is 18.8. The van der Waals surface area contributed by atoms with Gasteiger partial charge in [-0.25, -0.2) is 9.66 Å². The second kappa shape index (κ2) is 7.56. The third kappa shape index (κ3) is 3.64. The molecule has 0 spiro atoms. The summed E-state index contributed by atoms with van der Waals surface area (Å²) in [5, 5.41) is 11.7. The van der Waals surface area contributed by atoms with Crippen molar-refractivity contribution < 1.29 is 4.79 Å². The first-order valence-corrected chi connectivity index (χ1v) is 11.0. The molecule has 7 nitrogen and oxygen atoms in total. The average molecular weight is 415 g/mol. The number of thioether (sulfide) groups is 1. The van der Waals surface area contributed by atoms with Gasteiger partial charge < -0.3 is 5.84 Å². The van der Waals surface area contributed by atoms with Crippen LogP contribution in [0.1, 0.15) is 48.3 Å². The molecule has 1 fully saturated rings. The van der Waals surface area contributed by atoms with Gasteiger partial charge in [0.25, 0.3) is 0 Å². The number of para-hydroxylation sites is 1. The van der Waals surface area contributed by atoms with Crippen LogP contribution in [0.2, 0.25) is 0 Å². The van der Waals surface area contributed by atoms with Crippen LogP contribution >= 0.6 is 23.1 Å². The third-order valence-corrected chi connectivity index (χ3v) is 6.54. The zero-order valence-corrected chi connectivity index (χ0v) is 17.7. The van der Waals surface area contributed by atoms with Gasteiger partial charge in [-0.2, -0.15) is 0 Å². The Balaban J connectivity index is 1.53. The molecule has 3 aromatic rings. The van der Waals surface area contributed by atoms with Gasteiger partial charge in [-0.3, -0.25) is 9.69 Å². The number of carbonyl (C=O) groups is 1. The number of carbonyl (C=O) groups excluding carboxylic acids is 1. The number of hydrogen-bond donors (Lipinski definition) is 1. The van der Waals surface area contributed by atoms with Crippen LogP contribution in [-0.4, -0.2) is 25.8 Å². The van der Waals surface area contributed by atoms with E-state index in [0.29, 0.717) is 22.0 Å². The van der Waals surface area contributed by atoms with Crippen LogP contribution in [0.4, 0.5) is 10.8 Å². The predicted molar refractivity (Wildman–Crippen MR) is 113 cm³/mol. The van der Waals surface area contributed by atoms with Gasteiger partial charge in [-0.05, 0) is 37.8 Å². The zero-order valence-electron chi connectivity index (χ0n) is 16.0. The number of thiazole rings is 1. The lowest BCUT2D eigenvalue weighted by molar-refractivity contribution is -0.115. The van der Waals surface area contributed by atoms with E-state index in [0.717, 1.165) is 41.2 Å². The number of hydrogen-bond acceptors (Lipinski definition) is 7. The maximum atomic E-state index is 12.4. The van der Waals surface area contributed by atoms with E-state index in [2.05, 4.69) is 10.2 Å². The topological polar surface area (TPSA) is 89.9 Å². The van der Waals surface area contributed by atoms with E-state index in [-0.39, 0.29) is 5.91 Å². The Morgan fingerprint density at radius 3 is 2.68 bits per heavy atom. The van der Waals surface area contributed by atoms with Gasteiger partial charge in [0.2, 0.25) is 11.1 Å². The fraction of sp³-hybridized carbons (Fsp3) is 0.368. The van der Waals surface area contributed by atoms with Crippen molar-refractivity contribution in [1.82, 2.24) is 19.9 Å². The van der Waals surface area contributed by atoms with Gasteiger partial charge >= 0.3 is 0 Å². The highest BCUT2D eigenvalue weighted by Crippen LogP contribution is 2.39. The van der Waals surface area contributed by atoms with E-state index in [1.807, 2.05) is 37.4 Å². The first-order chi connectivity index (χ1) is 13.5. The highest BCUT2D eigenvalue weighted by atomic mass is 32.2. The molecule has 0 saturated heterocycles. The summed E-state index contributed by atoms with van der Waals surface area (Å²) in [5.74, 6) is 8.00. The molecule has 2 N–H and O–H groups in total. The van der Waals surface area contributed by atoms with Gasteiger partial charge in [0.15, 0.2) is 11.0 Å². The second-order valence-corrected chi connectivity index (χ2v) is 8.77. The molecule has 1 aromatic carbocycles. The molecule has 146 valence electrons. The quantitative estimate of drug-likeness (QED) is 0.486. The Morgan fingerprint density at radius 1 is 1.32 bits per heavy atom. The predicted octanol–water partition coefficient (Wildman–Crippen LogP) is 3.92. The first kappa shape index (κ1) is 18.9. The van der Waals surface area contributed by atoms with Crippen LogP contribution in [0.15, 0.2) is 28.7 Å². The lowest BCUT2D eigenvalue weighted by Gasteiger charge is -2.22. The average Bonchev–Trinajstić information content (AvgIpc) is 3.27. The molecule has 28 heavy (non-hydrogen) atoms. The number of aromatic nitrogens is 4. The van der Waals surface area contributed by atoms with Crippen LogP contribution in [0, 0.1) is 13.8 Å². The van der Waals surface area contributed by atoms with Crippen LogP contribution < -0.4 is 10.7 Å². The van der Waals surface area contributed by atoms with Gasteiger partial charge in [0.1, 0.15) is 0 Å². The Hall–Kier alpha value is -2.39. The van der Waals surface area contributed by atoms with Gasteiger partial charge in [0.05, 0.1) is 11.4 Å². The molecule has 2 aromatic heterocycles. The minimum absolute atomic E-state index is 0.0540. The Labute approximate surface area is 172 Å². The van der Waals surface area contributed by atoms with Crippen molar-refractivity contribution in [2.75, 3.05) is 10.7 Å². The summed E-state index contributed by atoms with van der Waals surface area (Å²) in [7, 11) is 0. The minimum atomic E-state index is -0.0540. The maximum absolute atomic E-state index is 12.4. The molecule has 2 heterocycles. The molecule has 0 unspecified atom stereocenters. The van der Waals surface area contributed by atoms with E-state index < -0.39 is 0 Å². The molecule has 9 heteroatoms. The van der Waals surface area contributed by atoms with Crippen molar-refractivity contribution in [3.8, 4) is 0 Å². The zero-order chi connectivity index (χ0) is 19.8. The first-order valence-electron chi connectivity index (χ1n) is 9.10. The Bertz CT molecular complexity index is 1000. The van der Waals surface area contributed by atoms with Crippen LogP contribution in [0.25, 0.3) is 0 Å². The van der Waals surface area contributed by atoms with Crippen LogP contribution in [-0.2, 0) is 10.5 Å². The maximum Gasteiger partial charge on any atom is 0.230 e. The Kier molecular flexibility index (Phi) is 5.11. The highest BCUT2D eigenvalue weighted by molar-refractivity contribution is 7.98. The van der Waals surface area contributed by atoms with Crippen molar-refractivity contribution in [3.05, 3.63) is 46.2 Å². The lowest BCUT2D eigenvalue weighted by atomic mass is 10.1. The van der Waals surface area contributed by atoms with E-state index in [1.54, 1.807) is 16.5 Å². The van der Waals surface area contributed by atoms with Crippen LogP contribution in [0.3, 0.4) is 0 Å². The number of amides is 1. The van der Waals surface area contributed by atoms with Crippen molar-refractivity contribution >= 4 is 39.8 Å². The minimum Gasteiger partial charge on any atom is -0.336 e. The second-order valence-electron chi connectivity index (χ2n) is 6.99. The molecule has 1 aliphatic carbocycles. The summed E-state index contributed by atoms with van der Waals surface area (Å²) in [6, 6.07) is 6.01. The summed E-state index contributed by atoms with van der Waals surface area (Å²) < 4.78 is 1.59. The monoisotopic (exact) mass is 414 g/mol. The number of nitrogen functional groups attached to an aromatic ring is 1. The number of aryl methyl sites for hydroxylation is 2. The molecule has 1 amide bonds. The smallest absolute Gasteiger partial charge is 0.230 e. The van der Waals surface area contributed by atoms with E-state index in [1.165, 1.54) is 23.1 Å². The van der Waals surface area contributed by atoms with Crippen molar-refractivity contribution in [1.29, 1.82) is 0 Å². The largest absolute Gasteiger partial charge is 0.336 e. The van der Waals surface area contributed by atoms with E-state index in [9.17, 15) is 4.79 Å². The van der Waals surface area contributed by atoms with E-state index in [4.69, 9.17) is 10.8 Å². The number of benzene rings is 1. The van der Waals surface area contributed by atoms with Gasteiger partial charge in [0, 0.05) is 24.0 Å². The number of nitrogens with zero attached hydrogens (tertiary/aromatic N) is 5. The summed E-state index contributed by atoms with van der Waals surface area (Å²) in [6.45, 7) is 5.58. The molecule has 1 saturated carbocycles.